The van der Waals surface area contributed by atoms with E-state index in [1.807, 2.05) is 89.2 Å². The van der Waals surface area contributed by atoms with Crippen molar-refractivity contribution in [1.29, 1.82) is 0 Å². The molecular formula is C47H102N6O3. The number of likely N-dealkylation sites (N-methyl/N-ethyl adjacent to an activating group) is 1. The molecule has 0 unspecified atom stereocenters. The molecule has 0 radical (unpaired) electrons. The van der Waals surface area contributed by atoms with Crippen LogP contribution in [0.3, 0.4) is 0 Å². The van der Waals surface area contributed by atoms with Crippen LogP contribution in [0, 0.1) is 5.41 Å². The maximum atomic E-state index is 11.0. The van der Waals surface area contributed by atoms with Crippen LogP contribution in [0.2, 0.25) is 0 Å². The van der Waals surface area contributed by atoms with Gasteiger partial charge in [0.2, 0.25) is 0 Å². The molecule has 6 rings (SSSR count). The lowest BCUT2D eigenvalue weighted by atomic mass is 9.77. The minimum atomic E-state index is 0.0671. The maximum Gasteiger partial charge on any atom is 0.250 e. The molecule has 0 amide bonds. The van der Waals surface area contributed by atoms with Crippen LogP contribution in [0.1, 0.15) is 151 Å². The van der Waals surface area contributed by atoms with Crippen molar-refractivity contribution in [3.8, 4) is 0 Å². The van der Waals surface area contributed by atoms with E-state index in [1.54, 1.807) is 22.9 Å². The lowest BCUT2D eigenvalue weighted by Gasteiger charge is -2.56. The zero-order chi connectivity index (χ0) is 44.3. The van der Waals surface area contributed by atoms with Gasteiger partial charge in [0, 0.05) is 100 Å². The Hall–Kier alpha value is -1.33. The minimum absolute atomic E-state index is 0.0671. The fraction of sp³-hybridized carbons (Fsp3) is 0.894. The number of likely N-dealkylation sites (tertiary alicyclic amines) is 2. The van der Waals surface area contributed by atoms with Crippen molar-refractivity contribution < 1.29 is 9.47 Å². The highest BCUT2D eigenvalue weighted by atomic mass is 16.5. The lowest BCUT2D eigenvalue weighted by molar-refractivity contribution is -0.195. The third-order valence-corrected chi connectivity index (χ3v) is 9.70. The molecule has 56 heavy (non-hydrogen) atoms. The molecular weight excluding hydrogens is 697 g/mol. The number of hydrogen-bond donors (Lipinski definition) is 0. The van der Waals surface area contributed by atoms with Crippen LogP contribution in [0.15, 0.2) is 29.2 Å². The third-order valence-electron chi connectivity index (χ3n) is 9.70. The first kappa shape index (κ1) is 61.3. The van der Waals surface area contributed by atoms with Gasteiger partial charge in [-0.3, -0.25) is 19.5 Å². The largest absolute Gasteiger partial charge is 0.380 e. The molecule has 338 valence electrons. The van der Waals surface area contributed by atoms with E-state index in [4.69, 9.17) is 9.47 Å². The number of morpholine rings is 1. The van der Waals surface area contributed by atoms with Gasteiger partial charge < -0.3 is 23.8 Å². The molecule has 5 aliphatic rings. The molecule has 0 aliphatic carbocycles. The predicted octanol–water partition coefficient (Wildman–Crippen LogP) is 9.76. The molecule has 9 nitrogen and oxygen atoms in total. The highest BCUT2D eigenvalue weighted by Crippen LogP contribution is 2.38. The SMILES string of the molecule is CC.CC.CC.CC.CC.CC(C)N1CC2(COC2)C1.CC(C)N1CCC1.CC(C)N1CCN(C)CC1.CC(C)N1CCOCC1.CC(C)n1ccccc1=O. The number of piperazine rings is 1. The Morgan fingerprint density at radius 2 is 0.893 bits per heavy atom. The highest BCUT2D eigenvalue weighted by molar-refractivity contribution is 5.00. The summed E-state index contributed by atoms with van der Waals surface area (Å²) in [4.78, 5) is 23.3. The van der Waals surface area contributed by atoms with E-state index < -0.39 is 0 Å². The molecule has 6 heterocycles. The van der Waals surface area contributed by atoms with Gasteiger partial charge in [-0.05, 0) is 102 Å². The number of rotatable bonds is 5. The molecule has 0 bridgehead atoms. The molecule has 5 saturated heterocycles. The van der Waals surface area contributed by atoms with E-state index in [2.05, 4.69) is 86.9 Å². The highest BCUT2D eigenvalue weighted by Gasteiger charge is 2.49. The minimum Gasteiger partial charge on any atom is -0.380 e. The van der Waals surface area contributed by atoms with Crippen LogP contribution < -0.4 is 5.56 Å². The molecule has 1 aromatic rings. The van der Waals surface area contributed by atoms with Crippen LogP contribution in [0.4, 0.5) is 0 Å². The second-order valence-corrected chi connectivity index (χ2v) is 15.2. The Morgan fingerprint density at radius 3 is 1.14 bits per heavy atom. The van der Waals surface area contributed by atoms with Crippen molar-refractivity contribution in [2.75, 3.05) is 98.9 Å². The standard InChI is InChI=1S/C8H18N2.C8H15NO.C8H11NO.C7H15NO.C6H13N.5C2H6/c1-8(2)10-6-4-9(3)5-7-10;1-7(2)9-3-8(4-9)5-10-6-8;1-7(2)9-6-4-3-5-8(9)10;1-7(2)8-3-5-9-6-4-8;1-6(2)7-4-3-5-7;5*1-2/h8H,4-7H2,1-3H3;7H,3-6H2,1-2H3;3-7H,1-2H3;7H,3-6H2,1-2H3;6H,3-5H2,1-2H3;5*1-2H3. The van der Waals surface area contributed by atoms with Gasteiger partial charge in [0.05, 0.1) is 26.4 Å². The van der Waals surface area contributed by atoms with Gasteiger partial charge in [0.1, 0.15) is 0 Å². The van der Waals surface area contributed by atoms with Crippen LogP contribution in [0.25, 0.3) is 0 Å². The lowest BCUT2D eigenvalue weighted by Crippen LogP contribution is -2.67. The number of aromatic nitrogens is 1. The Balaban J connectivity index is -0.000000286. The molecule has 0 N–H and O–H groups in total. The van der Waals surface area contributed by atoms with E-state index in [0.29, 0.717) is 11.5 Å². The van der Waals surface area contributed by atoms with Crippen molar-refractivity contribution in [2.45, 2.75) is 175 Å². The van der Waals surface area contributed by atoms with Gasteiger partial charge in [-0.25, -0.2) is 0 Å². The summed E-state index contributed by atoms with van der Waals surface area (Å²) in [7, 11) is 2.19. The first-order valence-electron chi connectivity index (χ1n) is 23.2. The average molecular weight is 799 g/mol. The quantitative estimate of drug-likeness (QED) is 0.292. The summed E-state index contributed by atoms with van der Waals surface area (Å²) in [5.74, 6) is 0. The van der Waals surface area contributed by atoms with Crippen LogP contribution in [-0.4, -0.2) is 152 Å². The van der Waals surface area contributed by atoms with Crippen LogP contribution in [0.5, 0.6) is 0 Å². The van der Waals surface area contributed by atoms with Gasteiger partial charge in [-0.2, -0.15) is 0 Å². The van der Waals surface area contributed by atoms with E-state index >= 15 is 0 Å². The Kier molecular flexibility index (Phi) is 42.9. The first-order chi connectivity index (χ1) is 26.7. The fourth-order valence-corrected chi connectivity index (χ4v) is 5.91. The van der Waals surface area contributed by atoms with Crippen molar-refractivity contribution >= 4 is 0 Å². The van der Waals surface area contributed by atoms with Gasteiger partial charge in [-0.15, -0.1) is 0 Å². The molecule has 5 fully saturated rings. The average Bonchev–Trinajstić information content (AvgIpc) is 3.15. The van der Waals surface area contributed by atoms with E-state index in [1.165, 1.54) is 58.8 Å². The van der Waals surface area contributed by atoms with Crippen LogP contribution >= 0.6 is 0 Å². The van der Waals surface area contributed by atoms with E-state index in [9.17, 15) is 4.79 Å². The summed E-state index contributed by atoms with van der Waals surface area (Å²) in [5.41, 5.74) is 0.669. The predicted molar refractivity (Wildman–Crippen MR) is 251 cm³/mol. The summed E-state index contributed by atoms with van der Waals surface area (Å²) in [6.45, 7) is 58.2. The van der Waals surface area contributed by atoms with Crippen molar-refractivity contribution in [3.05, 3.63) is 34.7 Å². The number of pyridine rings is 1. The van der Waals surface area contributed by atoms with Gasteiger partial charge in [0.25, 0.3) is 5.56 Å². The van der Waals surface area contributed by atoms with Crippen molar-refractivity contribution in [1.82, 2.24) is 29.1 Å². The summed E-state index contributed by atoms with van der Waals surface area (Å²) >= 11 is 0. The molecule has 0 saturated carbocycles. The first-order valence-corrected chi connectivity index (χ1v) is 23.2. The fourth-order valence-electron chi connectivity index (χ4n) is 5.91. The zero-order valence-corrected chi connectivity index (χ0v) is 41.7. The monoisotopic (exact) mass is 799 g/mol. The Morgan fingerprint density at radius 1 is 0.500 bits per heavy atom. The summed E-state index contributed by atoms with van der Waals surface area (Å²) in [6.07, 6.45) is 3.21. The summed E-state index contributed by atoms with van der Waals surface area (Å²) in [5, 5.41) is 0. The Labute approximate surface area is 351 Å². The molecule has 1 spiro atoms. The van der Waals surface area contributed by atoms with E-state index in [-0.39, 0.29) is 11.6 Å². The Bertz CT molecular complexity index is 970. The number of nitrogens with zero attached hydrogens (tertiary/aromatic N) is 6. The van der Waals surface area contributed by atoms with Crippen molar-refractivity contribution in [2.24, 2.45) is 5.41 Å². The maximum absolute atomic E-state index is 11.0. The number of ether oxygens (including phenoxy) is 2. The van der Waals surface area contributed by atoms with Gasteiger partial charge in [0.15, 0.2) is 0 Å². The number of hydrogen-bond acceptors (Lipinski definition) is 8. The smallest absolute Gasteiger partial charge is 0.250 e. The second kappa shape index (κ2) is 39.1. The van der Waals surface area contributed by atoms with Crippen LogP contribution in [-0.2, 0) is 9.47 Å². The molecule has 0 aromatic carbocycles. The molecule has 1 aromatic heterocycles. The van der Waals surface area contributed by atoms with Crippen molar-refractivity contribution in [3.63, 3.8) is 0 Å². The van der Waals surface area contributed by atoms with Gasteiger partial charge in [-0.1, -0.05) is 75.3 Å². The van der Waals surface area contributed by atoms with E-state index in [0.717, 1.165) is 57.6 Å². The normalized spacial score (nSPS) is 18.6. The zero-order valence-electron chi connectivity index (χ0n) is 41.7. The molecule has 9 heteroatoms. The second-order valence-electron chi connectivity index (χ2n) is 15.2. The third kappa shape index (κ3) is 27.4. The topological polar surface area (TPSA) is 56.7 Å². The summed E-state index contributed by atoms with van der Waals surface area (Å²) < 4.78 is 12.1. The van der Waals surface area contributed by atoms with Gasteiger partial charge >= 0.3 is 0 Å². The summed E-state index contributed by atoms with van der Waals surface area (Å²) in [6, 6.07) is 8.37. The molecule has 0 atom stereocenters. The molecule has 5 aliphatic heterocycles.